The molecular formula is C12H21NO2. The maximum Gasteiger partial charge on any atom is 0.320 e. The lowest BCUT2D eigenvalue weighted by Crippen LogP contribution is -2.44. The highest BCUT2D eigenvalue weighted by Gasteiger charge is 2.37. The van der Waals surface area contributed by atoms with Crippen molar-refractivity contribution in [1.82, 2.24) is 5.32 Å². The van der Waals surface area contributed by atoms with Crippen molar-refractivity contribution in [3.05, 3.63) is 0 Å². The fraction of sp³-hybridized carbons (Fsp3) is 0.917. The number of nitrogens with one attached hydrogen (secondary N) is 1. The molecule has 0 aliphatic heterocycles. The van der Waals surface area contributed by atoms with E-state index in [1.165, 1.54) is 19.3 Å². The van der Waals surface area contributed by atoms with E-state index in [9.17, 15) is 4.79 Å². The van der Waals surface area contributed by atoms with Crippen molar-refractivity contribution in [1.29, 1.82) is 0 Å². The van der Waals surface area contributed by atoms with Gasteiger partial charge in [-0.25, -0.2) is 0 Å². The van der Waals surface area contributed by atoms with Gasteiger partial charge in [0.25, 0.3) is 0 Å². The number of carboxylic acid groups (broad SMARTS) is 1. The van der Waals surface area contributed by atoms with E-state index in [1.807, 2.05) is 0 Å². The summed E-state index contributed by atoms with van der Waals surface area (Å²) in [6, 6.07) is 0.132. The lowest BCUT2D eigenvalue weighted by Gasteiger charge is -2.22. The Morgan fingerprint density at radius 1 is 1.40 bits per heavy atom. The van der Waals surface area contributed by atoms with Gasteiger partial charge in [-0.1, -0.05) is 19.8 Å². The molecule has 2 saturated carbocycles. The highest BCUT2D eigenvalue weighted by Crippen LogP contribution is 2.36. The van der Waals surface area contributed by atoms with E-state index in [4.69, 9.17) is 5.11 Å². The van der Waals surface area contributed by atoms with Gasteiger partial charge in [0.1, 0.15) is 6.04 Å². The van der Waals surface area contributed by atoms with Gasteiger partial charge in [0, 0.05) is 6.04 Å². The zero-order chi connectivity index (χ0) is 10.8. The van der Waals surface area contributed by atoms with Crippen LogP contribution in [0.2, 0.25) is 0 Å². The van der Waals surface area contributed by atoms with Gasteiger partial charge in [-0.15, -0.1) is 0 Å². The van der Waals surface area contributed by atoms with Crippen LogP contribution in [-0.2, 0) is 4.79 Å². The summed E-state index contributed by atoms with van der Waals surface area (Å²) in [4.78, 5) is 11.1. The molecule has 0 aromatic carbocycles. The van der Waals surface area contributed by atoms with Crippen LogP contribution >= 0.6 is 0 Å². The maximum atomic E-state index is 11.1. The molecular weight excluding hydrogens is 190 g/mol. The second-order valence-corrected chi connectivity index (χ2v) is 5.10. The SMILES string of the molecule is CCC(CC1CC1)NC(C(=O)O)C1CC1. The van der Waals surface area contributed by atoms with Crippen LogP contribution in [0.15, 0.2) is 0 Å². The summed E-state index contributed by atoms with van der Waals surface area (Å²) in [5.74, 6) is 0.610. The van der Waals surface area contributed by atoms with Crippen LogP contribution in [0.1, 0.15) is 45.4 Å². The summed E-state index contributed by atoms with van der Waals surface area (Å²) in [6.45, 7) is 2.14. The summed E-state index contributed by atoms with van der Waals surface area (Å²) in [6.07, 6.45) is 7.09. The Hall–Kier alpha value is -0.570. The van der Waals surface area contributed by atoms with E-state index in [-0.39, 0.29) is 6.04 Å². The first-order valence-electron chi connectivity index (χ1n) is 6.19. The predicted octanol–water partition coefficient (Wildman–Crippen LogP) is 2.02. The van der Waals surface area contributed by atoms with E-state index in [0.29, 0.717) is 12.0 Å². The number of hydrogen-bond donors (Lipinski definition) is 2. The lowest BCUT2D eigenvalue weighted by molar-refractivity contribution is -0.140. The Kier molecular flexibility index (Phi) is 3.29. The smallest absolute Gasteiger partial charge is 0.320 e. The maximum absolute atomic E-state index is 11.1. The van der Waals surface area contributed by atoms with E-state index < -0.39 is 5.97 Å². The molecule has 0 amide bonds. The van der Waals surface area contributed by atoms with Gasteiger partial charge >= 0.3 is 5.97 Å². The van der Waals surface area contributed by atoms with Crippen LogP contribution < -0.4 is 5.32 Å². The van der Waals surface area contributed by atoms with Crippen LogP contribution in [-0.4, -0.2) is 23.2 Å². The number of carboxylic acids is 1. The van der Waals surface area contributed by atoms with Crippen molar-refractivity contribution in [2.75, 3.05) is 0 Å². The fourth-order valence-corrected chi connectivity index (χ4v) is 2.20. The van der Waals surface area contributed by atoms with Crippen molar-refractivity contribution in [3.8, 4) is 0 Å². The molecule has 2 N–H and O–H groups in total. The molecule has 86 valence electrons. The van der Waals surface area contributed by atoms with E-state index in [1.54, 1.807) is 0 Å². The van der Waals surface area contributed by atoms with Crippen molar-refractivity contribution in [2.24, 2.45) is 11.8 Å². The minimum Gasteiger partial charge on any atom is -0.480 e. The first kappa shape index (κ1) is 10.9. The fourth-order valence-electron chi connectivity index (χ4n) is 2.20. The van der Waals surface area contributed by atoms with Crippen LogP contribution in [0, 0.1) is 11.8 Å². The molecule has 0 heterocycles. The summed E-state index contributed by atoms with van der Waals surface area (Å²) in [7, 11) is 0. The quantitative estimate of drug-likeness (QED) is 0.677. The molecule has 0 radical (unpaired) electrons. The standard InChI is InChI=1S/C12H21NO2/c1-2-10(7-8-3-4-8)13-11(12(14)15)9-5-6-9/h8-11,13H,2-7H2,1H3,(H,14,15). The van der Waals surface area contributed by atoms with Crippen molar-refractivity contribution >= 4 is 5.97 Å². The number of hydrogen-bond acceptors (Lipinski definition) is 2. The second kappa shape index (κ2) is 4.52. The van der Waals surface area contributed by atoms with Gasteiger partial charge in [-0.3, -0.25) is 4.79 Å². The summed E-state index contributed by atoms with van der Waals surface area (Å²) in [5, 5.41) is 12.5. The molecule has 2 unspecified atom stereocenters. The van der Waals surface area contributed by atoms with Crippen LogP contribution in [0.4, 0.5) is 0 Å². The highest BCUT2D eigenvalue weighted by molar-refractivity contribution is 5.74. The van der Waals surface area contributed by atoms with Gasteiger partial charge < -0.3 is 10.4 Å². The Morgan fingerprint density at radius 2 is 2.07 bits per heavy atom. The van der Waals surface area contributed by atoms with Gasteiger partial charge in [-0.2, -0.15) is 0 Å². The Bertz CT molecular complexity index is 234. The molecule has 2 fully saturated rings. The molecule has 2 atom stereocenters. The minimum absolute atomic E-state index is 0.284. The largest absolute Gasteiger partial charge is 0.480 e. The zero-order valence-corrected chi connectivity index (χ0v) is 9.41. The Morgan fingerprint density at radius 3 is 2.47 bits per heavy atom. The average Bonchev–Trinajstić information content (AvgIpc) is 3.03. The second-order valence-electron chi connectivity index (χ2n) is 5.10. The van der Waals surface area contributed by atoms with Crippen molar-refractivity contribution < 1.29 is 9.90 Å². The molecule has 0 aromatic heterocycles. The topological polar surface area (TPSA) is 49.3 Å². The first-order chi connectivity index (χ1) is 7.20. The molecule has 3 nitrogen and oxygen atoms in total. The third-order valence-electron chi connectivity index (χ3n) is 3.58. The molecule has 2 aliphatic carbocycles. The van der Waals surface area contributed by atoms with E-state index in [2.05, 4.69) is 12.2 Å². The molecule has 2 aliphatic rings. The molecule has 3 heteroatoms. The number of carbonyl (C=O) groups is 1. The highest BCUT2D eigenvalue weighted by atomic mass is 16.4. The molecule has 2 rings (SSSR count). The third-order valence-corrected chi connectivity index (χ3v) is 3.58. The normalized spacial score (nSPS) is 24.9. The number of aliphatic carboxylic acids is 1. The van der Waals surface area contributed by atoms with Gasteiger partial charge in [0.2, 0.25) is 0 Å². The zero-order valence-electron chi connectivity index (χ0n) is 9.41. The Labute approximate surface area is 91.2 Å². The molecule has 0 bridgehead atoms. The lowest BCUT2D eigenvalue weighted by atomic mass is 10.0. The molecule has 0 saturated heterocycles. The predicted molar refractivity (Wildman–Crippen MR) is 58.7 cm³/mol. The summed E-state index contributed by atoms with van der Waals surface area (Å²) in [5.41, 5.74) is 0. The third kappa shape index (κ3) is 3.20. The summed E-state index contributed by atoms with van der Waals surface area (Å²) >= 11 is 0. The Balaban J connectivity index is 1.81. The van der Waals surface area contributed by atoms with Gasteiger partial charge in [0.05, 0.1) is 0 Å². The van der Waals surface area contributed by atoms with E-state index >= 15 is 0 Å². The molecule has 0 spiro atoms. The van der Waals surface area contributed by atoms with E-state index in [0.717, 1.165) is 25.2 Å². The van der Waals surface area contributed by atoms with Gasteiger partial charge in [0.15, 0.2) is 0 Å². The molecule has 15 heavy (non-hydrogen) atoms. The van der Waals surface area contributed by atoms with Crippen molar-refractivity contribution in [2.45, 2.75) is 57.5 Å². The number of rotatable bonds is 7. The summed E-state index contributed by atoms with van der Waals surface area (Å²) < 4.78 is 0. The molecule has 0 aromatic rings. The first-order valence-corrected chi connectivity index (χ1v) is 6.19. The van der Waals surface area contributed by atoms with Crippen molar-refractivity contribution in [3.63, 3.8) is 0 Å². The van der Waals surface area contributed by atoms with Crippen LogP contribution in [0.25, 0.3) is 0 Å². The average molecular weight is 211 g/mol. The van der Waals surface area contributed by atoms with Crippen LogP contribution in [0.3, 0.4) is 0 Å². The van der Waals surface area contributed by atoms with Gasteiger partial charge in [-0.05, 0) is 37.5 Å². The van der Waals surface area contributed by atoms with Crippen LogP contribution in [0.5, 0.6) is 0 Å². The minimum atomic E-state index is -0.660. The monoisotopic (exact) mass is 211 g/mol.